The maximum absolute atomic E-state index is 11.9. The monoisotopic (exact) mass is 453 g/mol. The third-order valence-corrected chi connectivity index (χ3v) is 6.52. The molecule has 0 bridgehead atoms. The molecular weight excluding hydrogens is 440 g/mol. The molecule has 0 aromatic heterocycles. The Balaban J connectivity index is 2.11. The molecule has 0 spiro atoms. The van der Waals surface area contributed by atoms with Gasteiger partial charge in [0.25, 0.3) is 20.2 Å². The highest BCUT2D eigenvalue weighted by atomic mass is 32.2. The van der Waals surface area contributed by atoms with Gasteiger partial charge in [-0.25, -0.2) is 0 Å². The zero-order valence-corrected chi connectivity index (χ0v) is 16.9. The normalized spacial score (nSPS) is 13.2. The third-order valence-electron chi connectivity index (χ3n) is 4.10. The molecule has 29 heavy (non-hydrogen) atoms. The predicted octanol–water partition coefficient (Wildman–Crippen LogP) is 2.75. The highest BCUT2D eigenvalue weighted by molar-refractivity contribution is 7.86. The lowest BCUT2D eigenvalue weighted by atomic mass is 10.0. The van der Waals surface area contributed by atoms with Crippen molar-refractivity contribution in [2.75, 3.05) is 0 Å². The molecule has 0 amide bonds. The van der Waals surface area contributed by atoms with E-state index in [0.29, 0.717) is 16.7 Å². The second-order valence-electron chi connectivity index (χ2n) is 5.94. The van der Waals surface area contributed by atoms with Crippen LogP contribution in [0.25, 0.3) is 22.3 Å². The van der Waals surface area contributed by atoms with E-state index in [-0.39, 0.29) is 15.4 Å². The van der Waals surface area contributed by atoms with E-state index in [1.165, 1.54) is 48.5 Å². The number of hydrogen-bond donors (Lipinski definition) is 2. The van der Waals surface area contributed by atoms with Gasteiger partial charge in [-0.05, 0) is 58.1 Å². The number of benzene rings is 3. The molecule has 0 saturated carbocycles. The van der Waals surface area contributed by atoms with Crippen molar-refractivity contribution in [3.63, 3.8) is 0 Å². The molecule has 0 radical (unpaired) electrons. The molecule has 3 aromatic rings. The van der Waals surface area contributed by atoms with Gasteiger partial charge in [0.2, 0.25) is 0 Å². The first-order valence-electron chi connectivity index (χ1n) is 7.86. The van der Waals surface area contributed by atoms with E-state index in [0.717, 1.165) is 12.1 Å². The molecule has 1 unspecified atom stereocenters. The van der Waals surface area contributed by atoms with Crippen LogP contribution >= 0.6 is 0 Å². The van der Waals surface area contributed by atoms with Crippen LogP contribution in [0.5, 0.6) is 0 Å². The smallest absolute Gasteiger partial charge is 0.295 e. The zero-order valence-electron chi connectivity index (χ0n) is 14.4. The van der Waals surface area contributed by atoms with Crippen LogP contribution in [0.4, 0.5) is 0 Å². The zero-order chi connectivity index (χ0) is 21.4. The lowest BCUT2D eigenvalue weighted by Gasteiger charge is -2.12. The van der Waals surface area contributed by atoms with E-state index in [1.807, 2.05) is 0 Å². The molecule has 152 valence electrons. The molecule has 2 N–H and O–H groups in total. The minimum atomic E-state index is -4.64. The van der Waals surface area contributed by atoms with Crippen LogP contribution in [0.15, 0.2) is 81.4 Å². The fourth-order valence-corrected chi connectivity index (χ4v) is 4.30. The standard InChI is InChI=1S/C18H14O8S3/c19-27(20)15-6-1-12(2-7-15)14-5-10-17(18(11-14)29(24,25)26)13-3-8-16(9-4-13)28(21,22)23/h1-11H,(H,19,20)(H,21,22,23)(H,24,25,26)/p-1. The fourth-order valence-electron chi connectivity index (χ4n) is 2.72. The first kappa shape index (κ1) is 21.3. The van der Waals surface area contributed by atoms with E-state index in [2.05, 4.69) is 0 Å². The van der Waals surface area contributed by atoms with Gasteiger partial charge < -0.3 is 4.55 Å². The van der Waals surface area contributed by atoms with Crippen LogP contribution in [-0.2, 0) is 31.3 Å². The summed E-state index contributed by atoms with van der Waals surface area (Å²) in [5, 5.41) is 0. The van der Waals surface area contributed by atoms with Crippen LogP contribution in [0.1, 0.15) is 0 Å². The summed E-state index contributed by atoms with van der Waals surface area (Å²) in [7, 11) is -9.04. The highest BCUT2D eigenvalue weighted by Gasteiger charge is 2.19. The summed E-state index contributed by atoms with van der Waals surface area (Å²) in [5.74, 6) is 0. The van der Waals surface area contributed by atoms with Gasteiger partial charge in [-0.3, -0.25) is 13.3 Å². The van der Waals surface area contributed by atoms with Crippen molar-refractivity contribution < 1.29 is 34.7 Å². The van der Waals surface area contributed by atoms with Crippen molar-refractivity contribution in [1.29, 1.82) is 0 Å². The van der Waals surface area contributed by atoms with Crippen molar-refractivity contribution in [2.45, 2.75) is 14.7 Å². The molecule has 3 rings (SSSR count). The first-order chi connectivity index (χ1) is 13.5. The molecule has 8 nitrogen and oxygen atoms in total. The van der Waals surface area contributed by atoms with Crippen LogP contribution in [-0.4, -0.2) is 34.7 Å². The maximum atomic E-state index is 11.9. The van der Waals surface area contributed by atoms with Gasteiger partial charge in [0.15, 0.2) is 0 Å². The van der Waals surface area contributed by atoms with Crippen molar-refractivity contribution in [1.82, 2.24) is 0 Å². The summed E-state index contributed by atoms with van der Waals surface area (Å²) >= 11 is -2.40. The Labute approximate surface area is 169 Å². The fraction of sp³-hybridized carbons (Fsp3) is 0. The van der Waals surface area contributed by atoms with Gasteiger partial charge in [-0.1, -0.05) is 36.4 Å². The van der Waals surface area contributed by atoms with Gasteiger partial charge in [0.05, 0.1) is 4.90 Å². The van der Waals surface area contributed by atoms with Crippen molar-refractivity contribution in [3.8, 4) is 22.3 Å². The average Bonchev–Trinajstić information content (AvgIpc) is 2.66. The first-order valence-corrected chi connectivity index (χ1v) is 11.8. The van der Waals surface area contributed by atoms with Crippen LogP contribution in [0.2, 0.25) is 0 Å². The van der Waals surface area contributed by atoms with E-state index >= 15 is 0 Å². The predicted molar refractivity (Wildman–Crippen MR) is 104 cm³/mol. The second-order valence-corrected chi connectivity index (χ2v) is 9.70. The molecule has 3 aromatic carbocycles. The van der Waals surface area contributed by atoms with Crippen LogP contribution in [0.3, 0.4) is 0 Å². The molecule has 0 aliphatic carbocycles. The lowest BCUT2D eigenvalue weighted by molar-refractivity contribution is 0.481. The molecule has 0 saturated heterocycles. The third kappa shape index (κ3) is 4.78. The molecule has 1 atom stereocenters. The second kappa shape index (κ2) is 7.78. The molecule has 0 aliphatic heterocycles. The minimum absolute atomic E-state index is 0.0688. The summed E-state index contributed by atoms with van der Waals surface area (Å²) in [6, 6.07) is 14.7. The number of rotatable bonds is 5. The van der Waals surface area contributed by atoms with E-state index in [1.54, 1.807) is 6.07 Å². The summed E-state index contributed by atoms with van der Waals surface area (Å²) < 4.78 is 86.8. The SMILES string of the molecule is O=S([O-])c1ccc(-c2ccc(-c3ccc(S(=O)(=O)O)cc3)c(S(=O)(=O)O)c2)cc1. The number of hydrogen-bond acceptors (Lipinski definition) is 6. The molecule has 0 heterocycles. The summed E-state index contributed by atoms with van der Waals surface area (Å²) in [6.45, 7) is 0. The van der Waals surface area contributed by atoms with Crippen molar-refractivity contribution >= 4 is 31.3 Å². The Morgan fingerprint density at radius 2 is 1.21 bits per heavy atom. The highest BCUT2D eigenvalue weighted by Crippen LogP contribution is 2.32. The Morgan fingerprint density at radius 3 is 1.69 bits per heavy atom. The Hall–Kier alpha value is -2.41. The van der Waals surface area contributed by atoms with Gasteiger partial charge in [-0.15, -0.1) is 0 Å². The van der Waals surface area contributed by atoms with Gasteiger partial charge in [0, 0.05) is 10.5 Å². The van der Waals surface area contributed by atoms with Crippen LogP contribution in [0, 0.1) is 0 Å². The van der Waals surface area contributed by atoms with Gasteiger partial charge in [-0.2, -0.15) is 16.8 Å². The van der Waals surface area contributed by atoms with E-state index in [4.69, 9.17) is 4.55 Å². The maximum Gasteiger partial charge on any atom is 0.295 e. The summed E-state index contributed by atoms with van der Waals surface area (Å²) in [5.41, 5.74) is 1.36. The quantitative estimate of drug-likeness (QED) is 0.442. The topological polar surface area (TPSA) is 149 Å². The minimum Gasteiger partial charge on any atom is -0.768 e. The molecule has 0 aliphatic rings. The van der Waals surface area contributed by atoms with Crippen molar-refractivity contribution in [3.05, 3.63) is 66.7 Å². The van der Waals surface area contributed by atoms with Crippen molar-refractivity contribution in [2.24, 2.45) is 0 Å². The summed E-state index contributed by atoms with van der Waals surface area (Å²) in [6.07, 6.45) is 0. The lowest BCUT2D eigenvalue weighted by Crippen LogP contribution is -2.02. The summed E-state index contributed by atoms with van der Waals surface area (Å²) in [4.78, 5) is -0.701. The Morgan fingerprint density at radius 1 is 0.690 bits per heavy atom. The average molecular weight is 453 g/mol. The molecule has 0 fully saturated rings. The Bertz CT molecular complexity index is 1290. The van der Waals surface area contributed by atoms with E-state index in [9.17, 15) is 30.1 Å². The van der Waals surface area contributed by atoms with Gasteiger partial charge >= 0.3 is 0 Å². The Kier molecular flexibility index (Phi) is 5.72. The van der Waals surface area contributed by atoms with E-state index < -0.39 is 36.2 Å². The van der Waals surface area contributed by atoms with Crippen LogP contribution < -0.4 is 0 Å². The largest absolute Gasteiger partial charge is 0.768 e. The molecular formula is C18H13O8S3-. The molecule has 11 heteroatoms. The van der Waals surface area contributed by atoms with Gasteiger partial charge in [0.1, 0.15) is 4.90 Å².